The summed E-state index contributed by atoms with van der Waals surface area (Å²) in [6, 6.07) is 4.33. The molecule has 2 N–H and O–H groups in total. The molecule has 0 aliphatic heterocycles. The second-order valence-electron chi connectivity index (χ2n) is 3.68. The first-order chi connectivity index (χ1) is 8.10. The monoisotopic (exact) mass is 257 g/mol. The van der Waals surface area contributed by atoms with Crippen LogP contribution in [0, 0.1) is 0 Å². The van der Waals surface area contributed by atoms with Crippen molar-refractivity contribution in [3.63, 3.8) is 0 Å². The summed E-state index contributed by atoms with van der Waals surface area (Å²) >= 11 is 5.75. The number of carbonyl (C=O) groups is 1. The number of aliphatic hydroxyl groups is 1. The number of phenols is 1. The largest absolute Gasteiger partial charge is 0.506 e. The van der Waals surface area contributed by atoms with Crippen molar-refractivity contribution in [2.45, 2.75) is 13.3 Å². The maximum absolute atomic E-state index is 12.1. The lowest BCUT2D eigenvalue weighted by Gasteiger charge is -2.21. The summed E-state index contributed by atoms with van der Waals surface area (Å²) in [5.74, 6) is -0.241. The van der Waals surface area contributed by atoms with Gasteiger partial charge >= 0.3 is 0 Å². The Hall–Kier alpha value is -1.26. The number of aliphatic hydroxyl groups excluding tert-OH is 1. The molecular weight excluding hydrogens is 242 g/mol. The highest BCUT2D eigenvalue weighted by Gasteiger charge is 2.15. The van der Waals surface area contributed by atoms with Crippen LogP contribution in [0.1, 0.15) is 23.7 Å². The highest BCUT2D eigenvalue weighted by molar-refractivity contribution is 6.32. The van der Waals surface area contributed by atoms with Crippen molar-refractivity contribution in [2.24, 2.45) is 0 Å². The molecule has 0 bridgehead atoms. The van der Waals surface area contributed by atoms with Gasteiger partial charge in [-0.1, -0.05) is 18.5 Å². The number of rotatable bonds is 5. The van der Waals surface area contributed by atoms with E-state index in [1.807, 2.05) is 6.92 Å². The molecule has 0 atom stereocenters. The van der Waals surface area contributed by atoms with Gasteiger partial charge in [0.25, 0.3) is 5.91 Å². The minimum Gasteiger partial charge on any atom is -0.506 e. The first kappa shape index (κ1) is 13.8. The molecule has 4 nitrogen and oxygen atoms in total. The van der Waals surface area contributed by atoms with Crippen molar-refractivity contribution in [3.05, 3.63) is 28.8 Å². The Morgan fingerprint density at radius 2 is 2.12 bits per heavy atom. The van der Waals surface area contributed by atoms with Crippen molar-refractivity contribution < 1.29 is 15.0 Å². The lowest BCUT2D eigenvalue weighted by atomic mass is 10.2. The smallest absolute Gasteiger partial charge is 0.253 e. The maximum Gasteiger partial charge on any atom is 0.253 e. The molecule has 5 heteroatoms. The molecule has 0 heterocycles. The van der Waals surface area contributed by atoms with Crippen LogP contribution in [0.2, 0.25) is 5.02 Å². The Morgan fingerprint density at radius 1 is 1.41 bits per heavy atom. The van der Waals surface area contributed by atoms with Crippen molar-refractivity contribution in [1.29, 1.82) is 0 Å². The van der Waals surface area contributed by atoms with E-state index in [1.54, 1.807) is 4.90 Å². The number of carbonyl (C=O) groups excluding carboxylic acids is 1. The van der Waals surface area contributed by atoms with E-state index in [0.717, 1.165) is 6.42 Å². The summed E-state index contributed by atoms with van der Waals surface area (Å²) in [7, 11) is 0. The fourth-order valence-electron chi connectivity index (χ4n) is 1.53. The molecule has 0 aromatic heterocycles. The van der Waals surface area contributed by atoms with Gasteiger partial charge in [0, 0.05) is 18.7 Å². The van der Waals surface area contributed by atoms with Crippen LogP contribution in [0.3, 0.4) is 0 Å². The van der Waals surface area contributed by atoms with Gasteiger partial charge in [0.15, 0.2) is 0 Å². The quantitative estimate of drug-likeness (QED) is 0.847. The molecule has 1 rings (SSSR count). The highest BCUT2D eigenvalue weighted by atomic mass is 35.5. The number of hydrogen-bond donors (Lipinski definition) is 2. The Labute approximate surface area is 105 Å². The zero-order valence-corrected chi connectivity index (χ0v) is 10.4. The zero-order valence-electron chi connectivity index (χ0n) is 9.69. The predicted octanol–water partition coefficient (Wildman–Crippen LogP) is 1.89. The maximum atomic E-state index is 12.1. The molecule has 0 aliphatic rings. The van der Waals surface area contributed by atoms with Crippen molar-refractivity contribution in [2.75, 3.05) is 19.7 Å². The van der Waals surface area contributed by atoms with Crippen LogP contribution in [-0.2, 0) is 0 Å². The number of halogens is 1. The van der Waals surface area contributed by atoms with Gasteiger partial charge in [-0.2, -0.15) is 0 Å². The van der Waals surface area contributed by atoms with Gasteiger partial charge in [0.05, 0.1) is 11.6 Å². The standard InChI is InChI=1S/C12H16ClNO3/c1-2-5-14(6-7-15)12(17)9-3-4-11(16)10(13)8-9/h3-4,8,15-16H,2,5-7H2,1H3. The summed E-state index contributed by atoms with van der Waals surface area (Å²) in [6.45, 7) is 2.77. The summed E-state index contributed by atoms with van der Waals surface area (Å²) in [5, 5.41) is 18.3. The molecule has 0 saturated carbocycles. The van der Waals surface area contributed by atoms with Gasteiger partial charge < -0.3 is 15.1 Å². The molecule has 0 unspecified atom stereocenters. The minimum absolute atomic E-state index is 0.0487. The topological polar surface area (TPSA) is 60.8 Å². The molecule has 0 aliphatic carbocycles. The van der Waals surface area contributed by atoms with Crippen LogP contribution in [0.5, 0.6) is 5.75 Å². The van der Waals surface area contributed by atoms with E-state index < -0.39 is 0 Å². The number of phenolic OH excluding ortho intramolecular Hbond substituents is 1. The van der Waals surface area contributed by atoms with E-state index in [0.29, 0.717) is 18.7 Å². The van der Waals surface area contributed by atoms with E-state index in [4.69, 9.17) is 16.7 Å². The number of aromatic hydroxyl groups is 1. The molecule has 17 heavy (non-hydrogen) atoms. The minimum atomic E-state index is -0.192. The molecule has 1 amide bonds. The Balaban J connectivity index is 2.88. The van der Waals surface area contributed by atoms with Crippen molar-refractivity contribution in [3.8, 4) is 5.75 Å². The average molecular weight is 258 g/mol. The Bertz CT molecular complexity index is 389. The van der Waals surface area contributed by atoms with E-state index in [-0.39, 0.29) is 23.3 Å². The van der Waals surface area contributed by atoms with Crippen LogP contribution in [-0.4, -0.2) is 40.7 Å². The van der Waals surface area contributed by atoms with Gasteiger partial charge in [-0.25, -0.2) is 0 Å². The van der Waals surface area contributed by atoms with Crippen LogP contribution >= 0.6 is 11.6 Å². The molecule has 1 aromatic carbocycles. The van der Waals surface area contributed by atoms with Crippen molar-refractivity contribution >= 4 is 17.5 Å². The third-order valence-electron chi connectivity index (χ3n) is 2.35. The predicted molar refractivity (Wildman–Crippen MR) is 66.4 cm³/mol. The normalized spacial score (nSPS) is 10.3. The summed E-state index contributed by atoms with van der Waals surface area (Å²) in [4.78, 5) is 13.6. The molecule has 1 aromatic rings. The van der Waals surface area contributed by atoms with Crippen LogP contribution < -0.4 is 0 Å². The number of hydrogen-bond acceptors (Lipinski definition) is 3. The number of benzene rings is 1. The lowest BCUT2D eigenvalue weighted by molar-refractivity contribution is 0.0722. The molecule has 0 spiro atoms. The van der Waals surface area contributed by atoms with Crippen LogP contribution in [0.4, 0.5) is 0 Å². The van der Waals surface area contributed by atoms with Crippen LogP contribution in [0.25, 0.3) is 0 Å². The van der Waals surface area contributed by atoms with E-state index in [2.05, 4.69) is 0 Å². The average Bonchev–Trinajstić information content (AvgIpc) is 2.31. The van der Waals surface area contributed by atoms with Gasteiger partial charge in [-0.15, -0.1) is 0 Å². The van der Waals surface area contributed by atoms with Crippen LogP contribution in [0.15, 0.2) is 18.2 Å². The molecule has 0 radical (unpaired) electrons. The second-order valence-corrected chi connectivity index (χ2v) is 4.09. The molecule has 0 saturated heterocycles. The summed E-state index contributed by atoms with van der Waals surface area (Å²) < 4.78 is 0. The number of amides is 1. The Morgan fingerprint density at radius 3 is 2.65 bits per heavy atom. The fraction of sp³-hybridized carbons (Fsp3) is 0.417. The van der Waals surface area contributed by atoms with E-state index in [9.17, 15) is 9.90 Å². The molecule has 94 valence electrons. The lowest BCUT2D eigenvalue weighted by Crippen LogP contribution is -2.34. The molecule has 0 fully saturated rings. The Kier molecular flexibility index (Phi) is 5.25. The zero-order chi connectivity index (χ0) is 12.8. The van der Waals surface area contributed by atoms with E-state index >= 15 is 0 Å². The van der Waals surface area contributed by atoms with E-state index in [1.165, 1.54) is 18.2 Å². The van der Waals surface area contributed by atoms with Crippen molar-refractivity contribution in [1.82, 2.24) is 4.90 Å². The van der Waals surface area contributed by atoms with Gasteiger partial charge in [0.2, 0.25) is 0 Å². The third kappa shape index (κ3) is 3.61. The summed E-state index contributed by atoms with van der Waals surface area (Å²) in [6.07, 6.45) is 0.817. The van der Waals surface area contributed by atoms with Gasteiger partial charge in [-0.05, 0) is 24.6 Å². The summed E-state index contributed by atoms with van der Waals surface area (Å²) in [5.41, 5.74) is 0.412. The first-order valence-electron chi connectivity index (χ1n) is 5.48. The van der Waals surface area contributed by atoms with Gasteiger partial charge in [0.1, 0.15) is 5.75 Å². The first-order valence-corrected chi connectivity index (χ1v) is 5.86. The molecular formula is C12H16ClNO3. The SMILES string of the molecule is CCCN(CCO)C(=O)c1ccc(O)c(Cl)c1. The second kappa shape index (κ2) is 6.47. The van der Waals surface area contributed by atoms with Gasteiger partial charge in [-0.3, -0.25) is 4.79 Å². The fourth-order valence-corrected chi connectivity index (χ4v) is 1.71. The third-order valence-corrected chi connectivity index (χ3v) is 2.65. The highest BCUT2D eigenvalue weighted by Crippen LogP contribution is 2.24. The number of nitrogens with zero attached hydrogens (tertiary/aromatic N) is 1.